The lowest BCUT2D eigenvalue weighted by Crippen LogP contribution is -1.76. The summed E-state index contributed by atoms with van der Waals surface area (Å²) in [6.07, 6.45) is 7.52. The van der Waals surface area contributed by atoms with Crippen molar-refractivity contribution in [2.75, 3.05) is 0 Å². The molecule has 0 aliphatic heterocycles. The predicted molar refractivity (Wildman–Crippen MR) is 48.0 cm³/mol. The van der Waals surface area contributed by atoms with Crippen LogP contribution in [0.3, 0.4) is 0 Å². The van der Waals surface area contributed by atoms with Crippen LogP contribution in [0.2, 0.25) is 0 Å². The Balaban J connectivity index is 0.000000281. The Hall–Kier alpha value is -1.33. The van der Waals surface area contributed by atoms with E-state index in [0.29, 0.717) is 0 Å². The Morgan fingerprint density at radius 2 is 1.91 bits per heavy atom. The molecule has 0 fully saturated rings. The van der Waals surface area contributed by atoms with Crippen LogP contribution in [0.5, 0.6) is 0 Å². The minimum absolute atomic E-state index is 1.16. The van der Waals surface area contributed by atoms with Crippen LogP contribution in [0.1, 0.15) is 25.0 Å². The van der Waals surface area contributed by atoms with E-state index in [1.165, 1.54) is 5.56 Å². The van der Waals surface area contributed by atoms with Crippen LogP contribution >= 0.6 is 0 Å². The third-order valence-corrected chi connectivity index (χ3v) is 1.36. The number of nitrogens with zero attached hydrogens (tertiary/aromatic N) is 1. The highest BCUT2D eigenvalue weighted by molar-refractivity contribution is 5.71. The van der Waals surface area contributed by atoms with Gasteiger partial charge in [0.15, 0.2) is 0 Å². The topological polar surface area (TPSA) is 12.9 Å². The maximum atomic E-state index is 3.97. The molecule has 1 heterocycles. The first-order chi connectivity index (χ1) is 5.47. The van der Waals surface area contributed by atoms with Gasteiger partial charge in [-0.05, 0) is 23.8 Å². The number of hydrogen-bond acceptors (Lipinski definition) is 1. The Kier molecular flexibility index (Phi) is 2.65. The molecule has 0 aromatic carbocycles. The number of hydrogen-bond donors (Lipinski definition) is 0. The lowest BCUT2D eigenvalue weighted by atomic mass is 10.2. The summed E-state index contributed by atoms with van der Waals surface area (Å²) in [5.41, 5.74) is 5.38. The first-order valence-corrected chi connectivity index (χ1v) is 3.83. The minimum atomic E-state index is 1.16. The van der Waals surface area contributed by atoms with Gasteiger partial charge in [-0.15, -0.1) is 5.73 Å². The lowest BCUT2D eigenvalue weighted by molar-refractivity contribution is 1.31. The molecule has 56 valence electrons. The van der Waals surface area contributed by atoms with Crippen molar-refractivity contribution in [1.29, 1.82) is 0 Å². The zero-order chi connectivity index (χ0) is 8.10. The number of aromatic nitrogens is 1. The van der Waals surface area contributed by atoms with Crippen LogP contribution in [-0.4, -0.2) is 4.98 Å². The smallest absolute Gasteiger partial charge is 0.0352 e. The lowest BCUT2D eigenvalue weighted by Gasteiger charge is -1.90. The SMILES string of the molecule is C1=Cc2ccncc2C=1.CC. The van der Waals surface area contributed by atoms with Gasteiger partial charge in [-0.2, -0.15) is 0 Å². The Labute approximate surface area is 67.1 Å². The fourth-order valence-corrected chi connectivity index (χ4v) is 0.891. The third-order valence-electron chi connectivity index (χ3n) is 1.36. The molecular weight excluding hydrogens is 134 g/mol. The molecule has 1 aliphatic rings. The highest BCUT2D eigenvalue weighted by atomic mass is 14.6. The van der Waals surface area contributed by atoms with E-state index in [4.69, 9.17) is 0 Å². The van der Waals surface area contributed by atoms with Crippen LogP contribution in [0.25, 0.3) is 12.2 Å². The highest BCUT2D eigenvalue weighted by Gasteiger charge is 1.96. The van der Waals surface area contributed by atoms with Crippen molar-refractivity contribution in [1.82, 2.24) is 4.98 Å². The molecule has 0 amide bonds. The molecule has 1 aliphatic carbocycles. The maximum Gasteiger partial charge on any atom is 0.0352 e. The van der Waals surface area contributed by atoms with Gasteiger partial charge in [-0.1, -0.05) is 13.8 Å². The van der Waals surface area contributed by atoms with E-state index in [1.54, 1.807) is 6.20 Å². The van der Waals surface area contributed by atoms with E-state index in [1.807, 2.05) is 38.3 Å². The van der Waals surface area contributed by atoms with Crippen molar-refractivity contribution >= 4 is 12.2 Å². The van der Waals surface area contributed by atoms with Gasteiger partial charge in [-0.3, -0.25) is 4.98 Å². The van der Waals surface area contributed by atoms with Crippen molar-refractivity contribution in [3.8, 4) is 0 Å². The molecule has 1 aromatic rings. The van der Waals surface area contributed by atoms with E-state index < -0.39 is 0 Å². The van der Waals surface area contributed by atoms with Gasteiger partial charge < -0.3 is 0 Å². The van der Waals surface area contributed by atoms with Crippen molar-refractivity contribution in [3.63, 3.8) is 0 Å². The standard InChI is InChI=1S/C8H5N.C2H6/c1-2-7-4-5-9-6-8(7)3-1;1-2/h2-6H;1-2H3. The number of rotatable bonds is 0. The summed E-state index contributed by atoms with van der Waals surface area (Å²) in [7, 11) is 0. The average Bonchev–Trinajstić information content (AvgIpc) is 2.55. The molecule has 11 heavy (non-hydrogen) atoms. The summed E-state index contributed by atoms with van der Waals surface area (Å²) in [4.78, 5) is 3.97. The van der Waals surface area contributed by atoms with Crippen LogP contribution in [0.4, 0.5) is 0 Å². The maximum absolute atomic E-state index is 3.97. The van der Waals surface area contributed by atoms with E-state index in [-0.39, 0.29) is 0 Å². The molecule has 0 radical (unpaired) electrons. The van der Waals surface area contributed by atoms with Gasteiger partial charge in [0.25, 0.3) is 0 Å². The summed E-state index contributed by atoms with van der Waals surface area (Å²) < 4.78 is 0. The van der Waals surface area contributed by atoms with Crippen molar-refractivity contribution in [2.45, 2.75) is 13.8 Å². The summed E-state index contributed by atoms with van der Waals surface area (Å²) in [6.45, 7) is 4.00. The third kappa shape index (κ3) is 1.57. The molecule has 0 spiro atoms. The van der Waals surface area contributed by atoms with Gasteiger partial charge in [0.2, 0.25) is 0 Å². The Bertz CT molecular complexity index is 266. The molecule has 1 nitrogen and oxygen atoms in total. The second-order valence-corrected chi connectivity index (χ2v) is 1.96. The number of fused-ring (bicyclic) bond motifs is 1. The van der Waals surface area contributed by atoms with Crippen LogP contribution in [0.15, 0.2) is 24.2 Å². The molecule has 1 aromatic heterocycles. The molecule has 0 bridgehead atoms. The zero-order valence-corrected chi connectivity index (χ0v) is 6.83. The van der Waals surface area contributed by atoms with Crippen molar-refractivity contribution in [2.24, 2.45) is 0 Å². The number of pyridine rings is 1. The Morgan fingerprint density at radius 3 is 2.64 bits per heavy atom. The minimum Gasteiger partial charge on any atom is -0.264 e. The summed E-state index contributed by atoms with van der Waals surface area (Å²) in [5, 5.41) is 0. The van der Waals surface area contributed by atoms with E-state index in [9.17, 15) is 0 Å². The van der Waals surface area contributed by atoms with E-state index in [2.05, 4.69) is 10.7 Å². The first kappa shape index (κ1) is 7.77. The molecule has 0 saturated heterocycles. The zero-order valence-electron chi connectivity index (χ0n) is 6.83. The average molecular weight is 145 g/mol. The van der Waals surface area contributed by atoms with Crippen LogP contribution in [-0.2, 0) is 0 Å². The monoisotopic (exact) mass is 145 g/mol. The molecule has 0 saturated carbocycles. The molecule has 0 atom stereocenters. The van der Waals surface area contributed by atoms with Crippen LogP contribution in [0, 0.1) is 0 Å². The summed E-state index contributed by atoms with van der Waals surface area (Å²) >= 11 is 0. The summed E-state index contributed by atoms with van der Waals surface area (Å²) in [6, 6.07) is 1.98. The van der Waals surface area contributed by atoms with Crippen LogP contribution < -0.4 is 0 Å². The quantitative estimate of drug-likeness (QED) is 0.519. The normalized spacial score (nSPS) is 10.4. The largest absolute Gasteiger partial charge is 0.264 e. The van der Waals surface area contributed by atoms with E-state index in [0.717, 1.165) is 5.56 Å². The molecular formula is C10H11N. The van der Waals surface area contributed by atoms with Gasteiger partial charge in [0, 0.05) is 18.0 Å². The second-order valence-electron chi connectivity index (χ2n) is 1.96. The van der Waals surface area contributed by atoms with Gasteiger partial charge in [-0.25, -0.2) is 0 Å². The predicted octanol–water partition coefficient (Wildman–Crippen LogP) is 2.75. The Morgan fingerprint density at radius 1 is 1.18 bits per heavy atom. The van der Waals surface area contributed by atoms with Crippen molar-refractivity contribution in [3.05, 3.63) is 35.3 Å². The van der Waals surface area contributed by atoms with Crippen molar-refractivity contribution < 1.29 is 0 Å². The first-order valence-electron chi connectivity index (χ1n) is 3.83. The molecule has 2 rings (SSSR count). The fourth-order valence-electron chi connectivity index (χ4n) is 0.891. The summed E-state index contributed by atoms with van der Waals surface area (Å²) in [5.74, 6) is 0. The van der Waals surface area contributed by atoms with Gasteiger partial charge >= 0.3 is 0 Å². The second kappa shape index (κ2) is 3.75. The fraction of sp³-hybridized carbons (Fsp3) is 0.200. The molecule has 0 N–H and O–H groups in total. The highest BCUT2D eigenvalue weighted by Crippen LogP contribution is 2.14. The van der Waals surface area contributed by atoms with Gasteiger partial charge in [0.1, 0.15) is 0 Å². The van der Waals surface area contributed by atoms with E-state index >= 15 is 0 Å². The van der Waals surface area contributed by atoms with Gasteiger partial charge in [0.05, 0.1) is 0 Å². The molecule has 1 heteroatoms. The molecule has 0 unspecified atom stereocenters.